The van der Waals surface area contributed by atoms with Crippen molar-refractivity contribution >= 4 is 56.5 Å². The van der Waals surface area contributed by atoms with Gasteiger partial charge in [-0.15, -0.1) is 0 Å². The van der Waals surface area contributed by atoms with Crippen molar-refractivity contribution in [1.82, 2.24) is 4.90 Å². The lowest BCUT2D eigenvalue weighted by atomic mass is 10.1. The quantitative estimate of drug-likeness (QED) is 0.553. The molecule has 5 nitrogen and oxygen atoms in total. The number of halogens is 2. The fourth-order valence-electron chi connectivity index (χ4n) is 2.61. The van der Waals surface area contributed by atoms with E-state index in [1.165, 1.54) is 12.0 Å². The molecule has 0 spiro atoms. The van der Waals surface area contributed by atoms with Gasteiger partial charge < -0.3 is 9.47 Å². The predicted octanol–water partition coefficient (Wildman–Crippen LogP) is 5.36. The van der Waals surface area contributed by atoms with Crippen molar-refractivity contribution in [1.29, 1.82) is 0 Å². The van der Waals surface area contributed by atoms with Gasteiger partial charge in [-0.1, -0.05) is 29.8 Å². The molecule has 1 aliphatic rings. The van der Waals surface area contributed by atoms with Crippen LogP contribution in [0.1, 0.15) is 11.1 Å². The molecule has 0 saturated carbocycles. The van der Waals surface area contributed by atoms with E-state index in [0.29, 0.717) is 31.5 Å². The second-order valence-electron chi connectivity index (χ2n) is 5.60. The maximum absolute atomic E-state index is 12.7. The first-order valence-electron chi connectivity index (χ1n) is 7.85. The van der Waals surface area contributed by atoms with E-state index < -0.39 is 0 Å². The van der Waals surface area contributed by atoms with Crippen molar-refractivity contribution in [3.63, 3.8) is 0 Å². The number of methoxy groups -OCH3 is 2. The molecular formula is C19H15BrClNO4S. The molecule has 2 amide bonds. The Kier molecular flexibility index (Phi) is 6.14. The summed E-state index contributed by atoms with van der Waals surface area (Å²) in [5.74, 6) is 0.728. The Balaban J connectivity index is 1.88. The van der Waals surface area contributed by atoms with E-state index in [-0.39, 0.29) is 17.7 Å². The lowest BCUT2D eigenvalue weighted by Crippen LogP contribution is -2.27. The van der Waals surface area contributed by atoms with Gasteiger partial charge in [-0.2, -0.15) is 0 Å². The van der Waals surface area contributed by atoms with Gasteiger partial charge in [0.2, 0.25) is 0 Å². The van der Waals surface area contributed by atoms with Gasteiger partial charge in [-0.25, -0.2) is 0 Å². The summed E-state index contributed by atoms with van der Waals surface area (Å²) < 4.78 is 11.3. The molecule has 1 fully saturated rings. The molecule has 8 heteroatoms. The molecule has 1 saturated heterocycles. The normalized spacial score (nSPS) is 15.6. The molecule has 1 aliphatic heterocycles. The van der Waals surface area contributed by atoms with Gasteiger partial charge in [-0.3, -0.25) is 14.5 Å². The van der Waals surface area contributed by atoms with E-state index in [2.05, 4.69) is 15.9 Å². The third-order valence-electron chi connectivity index (χ3n) is 3.91. The summed E-state index contributed by atoms with van der Waals surface area (Å²) in [5, 5.41) is 0.190. The van der Waals surface area contributed by atoms with E-state index in [0.717, 1.165) is 17.3 Å². The number of benzene rings is 2. The average Bonchev–Trinajstić information content (AvgIpc) is 2.90. The molecule has 0 unspecified atom stereocenters. The van der Waals surface area contributed by atoms with Crippen molar-refractivity contribution in [2.45, 2.75) is 6.54 Å². The van der Waals surface area contributed by atoms with Crippen LogP contribution in [0.3, 0.4) is 0 Å². The Hall–Kier alpha value is -1.96. The molecule has 1 heterocycles. The molecule has 2 aromatic carbocycles. The second-order valence-corrected chi connectivity index (χ2v) is 7.85. The Bertz CT molecular complexity index is 947. The molecule has 0 aromatic heterocycles. The third-order valence-corrected chi connectivity index (χ3v) is 5.78. The topological polar surface area (TPSA) is 55.8 Å². The van der Waals surface area contributed by atoms with Crippen LogP contribution in [-0.4, -0.2) is 30.3 Å². The molecule has 0 bridgehead atoms. The largest absolute Gasteiger partial charge is 0.493 e. The summed E-state index contributed by atoms with van der Waals surface area (Å²) in [5.41, 5.74) is 1.43. The number of hydrogen-bond donors (Lipinski definition) is 0. The fourth-order valence-corrected chi connectivity index (χ4v) is 4.26. The number of amides is 2. The van der Waals surface area contributed by atoms with E-state index >= 15 is 0 Å². The SMILES string of the molecule is COc1cc(/C=C2/SC(=O)N(Cc3ccccc3Cl)C2=O)cc(Br)c1OC. The first-order chi connectivity index (χ1) is 12.9. The minimum Gasteiger partial charge on any atom is -0.493 e. The molecule has 0 atom stereocenters. The van der Waals surface area contributed by atoms with Gasteiger partial charge in [-0.05, 0) is 63.1 Å². The van der Waals surface area contributed by atoms with Gasteiger partial charge in [0.25, 0.3) is 11.1 Å². The first-order valence-corrected chi connectivity index (χ1v) is 9.83. The van der Waals surface area contributed by atoms with Crippen LogP contribution in [0.5, 0.6) is 11.5 Å². The van der Waals surface area contributed by atoms with Gasteiger partial charge in [0, 0.05) is 5.02 Å². The molecule has 2 aromatic rings. The zero-order valence-corrected chi connectivity index (χ0v) is 17.7. The maximum atomic E-state index is 12.7. The second kappa shape index (κ2) is 8.37. The van der Waals surface area contributed by atoms with Crippen molar-refractivity contribution < 1.29 is 19.1 Å². The van der Waals surface area contributed by atoms with Crippen molar-refractivity contribution in [2.24, 2.45) is 0 Å². The molecular weight excluding hydrogens is 454 g/mol. The summed E-state index contributed by atoms with van der Waals surface area (Å²) >= 11 is 10.5. The predicted molar refractivity (Wildman–Crippen MR) is 110 cm³/mol. The molecule has 3 rings (SSSR count). The summed E-state index contributed by atoms with van der Waals surface area (Å²) in [4.78, 5) is 26.6. The molecule has 27 heavy (non-hydrogen) atoms. The van der Waals surface area contributed by atoms with Crippen LogP contribution in [0.15, 0.2) is 45.8 Å². The number of hydrogen-bond acceptors (Lipinski definition) is 5. The number of imide groups is 1. The van der Waals surface area contributed by atoms with Crippen LogP contribution in [-0.2, 0) is 11.3 Å². The smallest absolute Gasteiger partial charge is 0.293 e. The summed E-state index contributed by atoms with van der Waals surface area (Å²) in [7, 11) is 3.08. The minimum absolute atomic E-state index is 0.136. The van der Waals surface area contributed by atoms with Crippen LogP contribution in [0, 0.1) is 0 Å². The lowest BCUT2D eigenvalue weighted by Gasteiger charge is -2.13. The Labute approximate surface area is 174 Å². The number of carbonyl (C=O) groups is 2. The van der Waals surface area contributed by atoms with Gasteiger partial charge >= 0.3 is 0 Å². The molecule has 0 N–H and O–H groups in total. The highest BCUT2D eigenvalue weighted by Gasteiger charge is 2.35. The van der Waals surface area contributed by atoms with E-state index in [1.54, 1.807) is 43.5 Å². The zero-order chi connectivity index (χ0) is 19.6. The number of rotatable bonds is 5. The van der Waals surface area contributed by atoms with Crippen LogP contribution in [0.4, 0.5) is 4.79 Å². The van der Waals surface area contributed by atoms with Crippen LogP contribution in [0.25, 0.3) is 6.08 Å². The Morgan fingerprint density at radius 1 is 1.19 bits per heavy atom. The standard InChI is InChI=1S/C19H15BrClNO4S/c1-25-15-8-11(7-13(20)17(15)26-2)9-16-18(23)22(19(24)27-16)10-12-5-3-4-6-14(12)21/h3-9H,10H2,1-2H3/b16-9+. The van der Waals surface area contributed by atoms with Gasteiger partial charge in [0.05, 0.1) is 30.1 Å². The Morgan fingerprint density at radius 2 is 1.93 bits per heavy atom. The number of carbonyl (C=O) groups excluding carboxylic acids is 2. The third kappa shape index (κ3) is 4.15. The van der Waals surface area contributed by atoms with E-state index in [4.69, 9.17) is 21.1 Å². The highest BCUT2D eigenvalue weighted by Crippen LogP contribution is 2.39. The van der Waals surface area contributed by atoms with Crippen LogP contribution >= 0.6 is 39.3 Å². The van der Waals surface area contributed by atoms with Crippen molar-refractivity contribution in [3.05, 3.63) is 61.9 Å². The van der Waals surface area contributed by atoms with E-state index in [1.807, 2.05) is 6.07 Å². The van der Waals surface area contributed by atoms with E-state index in [9.17, 15) is 9.59 Å². The average molecular weight is 469 g/mol. The summed E-state index contributed by atoms with van der Waals surface area (Å²) in [6.45, 7) is 0.136. The Morgan fingerprint density at radius 3 is 2.59 bits per heavy atom. The van der Waals surface area contributed by atoms with Gasteiger partial charge in [0.15, 0.2) is 11.5 Å². The number of ether oxygens (including phenoxy) is 2. The molecule has 0 aliphatic carbocycles. The highest BCUT2D eigenvalue weighted by atomic mass is 79.9. The summed E-state index contributed by atoms with van der Waals surface area (Å²) in [6.07, 6.45) is 1.66. The van der Waals surface area contributed by atoms with Gasteiger partial charge in [0.1, 0.15) is 0 Å². The monoisotopic (exact) mass is 467 g/mol. The minimum atomic E-state index is -0.351. The van der Waals surface area contributed by atoms with Crippen molar-refractivity contribution in [3.8, 4) is 11.5 Å². The number of nitrogens with zero attached hydrogens (tertiary/aromatic N) is 1. The molecule has 140 valence electrons. The van der Waals surface area contributed by atoms with Crippen LogP contribution < -0.4 is 9.47 Å². The summed E-state index contributed by atoms with van der Waals surface area (Å²) in [6, 6.07) is 10.7. The maximum Gasteiger partial charge on any atom is 0.293 e. The fraction of sp³-hybridized carbons (Fsp3) is 0.158. The molecule has 0 radical (unpaired) electrons. The first kappa shape index (κ1) is 19.8. The number of thioether (sulfide) groups is 1. The van der Waals surface area contributed by atoms with Crippen LogP contribution in [0.2, 0.25) is 5.02 Å². The zero-order valence-electron chi connectivity index (χ0n) is 14.5. The van der Waals surface area contributed by atoms with Crippen molar-refractivity contribution in [2.75, 3.05) is 14.2 Å². The highest BCUT2D eigenvalue weighted by molar-refractivity contribution is 9.10. The lowest BCUT2D eigenvalue weighted by molar-refractivity contribution is -0.123.